The van der Waals surface area contributed by atoms with Crippen molar-refractivity contribution in [1.29, 1.82) is 0 Å². The predicted octanol–water partition coefficient (Wildman–Crippen LogP) is 1.58. The molecule has 1 fully saturated rings. The normalized spacial score (nSPS) is 14.8. The van der Waals surface area contributed by atoms with E-state index >= 15 is 0 Å². The molecule has 2 N–H and O–H groups in total. The zero-order chi connectivity index (χ0) is 13.7. The highest BCUT2D eigenvalue weighted by molar-refractivity contribution is 5.79. The van der Waals surface area contributed by atoms with Crippen molar-refractivity contribution in [2.45, 2.75) is 31.7 Å². The van der Waals surface area contributed by atoms with E-state index < -0.39 is 0 Å². The number of methoxy groups -OCH3 is 1. The molecule has 104 valence electrons. The van der Waals surface area contributed by atoms with Crippen LogP contribution in [-0.2, 0) is 11.2 Å². The molecule has 2 rings (SSSR count). The van der Waals surface area contributed by atoms with Gasteiger partial charge in [-0.05, 0) is 37.0 Å². The van der Waals surface area contributed by atoms with Crippen molar-refractivity contribution >= 4 is 5.91 Å². The van der Waals surface area contributed by atoms with Gasteiger partial charge < -0.3 is 15.4 Å². The second kappa shape index (κ2) is 6.57. The molecule has 1 amide bonds. The van der Waals surface area contributed by atoms with Crippen molar-refractivity contribution in [3.05, 3.63) is 29.8 Å². The second-order valence-electron chi connectivity index (χ2n) is 4.99. The first kappa shape index (κ1) is 13.9. The highest BCUT2D eigenvalue weighted by Crippen LogP contribution is 2.25. The van der Waals surface area contributed by atoms with Gasteiger partial charge in [-0.3, -0.25) is 4.79 Å². The van der Waals surface area contributed by atoms with E-state index in [1.807, 2.05) is 29.2 Å². The minimum absolute atomic E-state index is 0.170. The molecule has 1 aromatic rings. The summed E-state index contributed by atoms with van der Waals surface area (Å²) in [5, 5.41) is 0. The molecule has 0 aliphatic heterocycles. The standard InChI is InChI=1S/C15H22N2O2/c1-19-14-7-2-4-12(10-14)11-15(18)17(9-8-16)13-5-3-6-13/h2,4,7,10,13H,3,5-6,8-9,11,16H2,1H3. The van der Waals surface area contributed by atoms with Crippen LogP contribution in [0.15, 0.2) is 24.3 Å². The van der Waals surface area contributed by atoms with Gasteiger partial charge in [0, 0.05) is 19.1 Å². The zero-order valence-electron chi connectivity index (χ0n) is 11.5. The Hall–Kier alpha value is -1.55. The number of hydrogen-bond acceptors (Lipinski definition) is 3. The summed E-state index contributed by atoms with van der Waals surface area (Å²) in [5.41, 5.74) is 6.60. The fraction of sp³-hybridized carbons (Fsp3) is 0.533. The molecule has 0 spiro atoms. The lowest BCUT2D eigenvalue weighted by Gasteiger charge is -2.37. The molecule has 1 aliphatic carbocycles. The molecule has 0 bridgehead atoms. The first-order chi connectivity index (χ1) is 9.24. The lowest BCUT2D eigenvalue weighted by atomic mass is 9.91. The maximum Gasteiger partial charge on any atom is 0.227 e. The highest BCUT2D eigenvalue weighted by atomic mass is 16.5. The van der Waals surface area contributed by atoms with Gasteiger partial charge in [-0.2, -0.15) is 0 Å². The molecule has 1 aromatic carbocycles. The molecule has 1 saturated carbocycles. The number of hydrogen-bond donors (Lipinski definition) is 1. The van der Waals surface area contributed by atoms with E-state index in [0.717, 1.165) is 24.2 Å². The molecule has 0 heterocycles. The largest absolute Gasteiger partial charge is 0.497 e. The fourth-order valence-electron chi connectivity index (χ4n) is 2.41. The molecule has 0 aromatic heterocycles. The van der Waals surface area contributed by atoms with Gasteiger partial charge in [-0.15, -0.1) is 0 Å². The van der Waals surface area contributed by atoms with Crippen LogP contribution in [0.2, 0.25) is 0 Å². The fourth-order valence-corrected chi connectivity index (χ4v) is 2.41. The summed E-state index contributed by atoms with van der Waals surface area (Å²) in [4.78, 5) is 14.3. The van der Waals surface area contributed by atoms with Crippen molar-refractivity contribution in [3.8, 4) is 5.75 Å². The molecule has 19 heavy (non-hydrogen) atoms. The average molecular weight is 262 g/mol. The third-order valence-corrected chi connectivity index (χ3v) is 3.70. The van der Waals surface area contributed by atoms with Gasteiger partial charge in [-0.25, -0.2) is 0 Å². The van der Waals surface area contributed by atoms with Crippen LogP contribution in [0.25, 0.3) is 0 Å². The van der Waals surface area contributed by atoms with Crippen molar-refractivity contribution in [1.82, 2.24) is 4.90 Å². The van der Waals surface area contributed by atoms with Crippen LogP contribution >= 0.6 is 0 Å². The van der Waals surface area contributed by atoms with Crippen LogP contribution in [0, 0.1) is 0 Å². The van der Waals surface area contributed by atoms with Crippen LogP contribution < -0.4 is 10.5 Å². The van der Waals surface area contributed by atoms with Crippen molar-refractivity contribution in [2.75, 3.05) is 20.2 Å². The predicted molar refractivity (Wildman–Crippen MR) is 75.1 cm³/mol. The highest BCUT2D eigenvalue weighted by Gasteiger charge is 2.27. The molecular weight excluding hydrogens is 240 g/mol. The zero-order valence-corrected chi connectivity index (χ0v) is 11.5. The van der Waals surface area contributed by atoms with Gasteiger partial charge >= 0.3 is 0 Å². The van der Waals surface area contributed by atoms with Crippen LogP contribution in [0.5, 0.6) is 5.75 Å². The van der Waals surface area contributed by atoms with Crippen LogP contribution in [0.4, 0.5) is 0 Å². The van der Waals surface area contributed by atoms with E-state index in [1.54, 1.807) is 7.11 Å². The van der Waals surface area contributed by atoms with E-state index in [-0.39, 0.29) is 5.91 Å². The smallest absolute Gasteiger partial charge is 0.227 e. The molecule has 0 saturated heterocycles. The Morgan fingerprint density at radius 2 is 2.26 bits per heavy atom. The maximum absolute atomic E-state index is 12.4. The Morgan fingerprint density at radius 1 is 1.47 bits per heavy atom. The van der Waals surface area contributed by atoms with Gasteiger partial charge in [0.05, 0.1) is 13.5 Å². The Kier molecular flexibility index (Phi) is 4.80. The van der Waals surface area contributed by atoms with Gasteiger partial charge in [0.2, 0.25) is 5.91 Å². The number of nitrogens with zero attached hydrogens (tertiary/aromatic N) is 1. The van der Waals surface area contributed by atoms with Gasteiger partial charge in [0.15, 0.2) is 0 Å². The Morgan fingerprint density at radius 3 is 2.84 bits per heavy atom. The van der Waals surface area contributed by atoms with Crippen molar-refractivity contribution in [3.63, 3.8) is 0 Å². The number of carbonyl (C=O) groups is 1. The molecule has 1 aliphatic rings. The summed E-state index contributed by atoms with van der Waals surface area (Å²) >= 11 is 0. The minimum Gasteiger partial charge on any atom is -0.497 e. The summed E-state index contributed by atoms with van der Waals surface area (Å²) in [6.07, 6.45) is 3.87. The topological polar surface area (TPSA) is 55.6 Å². The SMILES string of the molecule is COc1cccc(CC(=O)N(CCN)C2CCC2)c1. The quantitative estimate of drug-likeness (QED) is 0.846. The number of rotatable bonds is 6. The second-order valence-corrected chi connectivity index (χ2v) is 4.99. The molecule has 4 heteroatoms. The van der Waals surface area contributed by atoms with Crippen molar-refractivity contribution in [2.24, 2.45) is 5.73 Å². The molecule has 0 radical (unpaired) electrons. The summed E-state index contributed by atoms with van der Waals surface area (Å²) in [5.74, 6) is 0.961. The van der Waals surface area contributed by atoms with Crippen LogP contribution in [0.1, 0.15) is 24.8 Å². The third-order valence-electron chi connectivity index (χ3n) is 3.70. The first-order valence-electron chi connectivity index (χ1n) is 6.87. The summed E-state index contributed by atoms with van der Waals surface area (Å²) in [7, 11) is 1.63. The average Bonchev–Trinajstić information content (AvgIpc) is 2.36. The van der Waals surface area contributed by atoms with Gasteiger partial charge in [0.1, 0.15) is 5.75 Å². The van der Waals surface area contributed by atoms with E-state index in [1.165, 1.54) is 6.42 Å². The van der Waals surface area contributed by atoms with E-state index in [0.29, 0.717) is 25.6 Å². The Balaban J connectivity index is 2.00. The minimum atomic E-state index is 0.170. The number of carbonyl (C=O) groups excluding carboxylic acids is 1. The number of nitrogens with two attached hydrogens (primary N) is 1. The third kappa shape index (κ3) is 3.47. The molecule has 0 unspecified atom stereocenters. The number of amides is 1. The first-order valence-corrected chi connectivity index (χ1v) is 6.87. The number of benzene rings is 1. The molecular formula is C15H22N2O2. The van der Waals surface area contributed by atoms with E-state index in [9.17, 15) is 4.79 Å². The van der Waals surface area contributed by atoms with Crippen LogP contribution in [0.3, 0.4) is 0 Å². The Bertz CT molecular complexity index is 430. The lowest BCUT2D eigenvalue weighted by Crippen LogP contribution is -2.47. The summed E-state index contributed by atoms with van der Waals surface area (Å²) in [6, 6.07) is 8.08. The molecule has 4 nitrogen and oxygen atoms in total. The monoisotopic (exact) mass is 262 g/mol. The van der Waals surface area contributed by atoms with Crippen molar-refractivity contribution < 1.29 is 9.53 Å². The summed E-state index contributed by atoms with van der Waals surface area (Å²) < 4.78 is 5.18. The van der Waals surface area contributed by atoms with E-state index in [2.05, 4.69) is 0 Å². The lowest BCUT2D eigenvalue weighted by molar-refractivity contribution is -0.134. The molecule has 0 atom stereocenters. The van der Waals surface area contributed by atoms with Gasteiger partial charge in [-0.1, -0.05) is 12.1 Å². The van der Waals surface area contributed by atoms with Gasteiger partial charge in [0.25, 0.3) is 0 Å². The summed E-state index contributed by atoms with van der Waals surface area (Å²) in [6.45, 7) is 1.19. The van der Waals surface area contributed by atoms with E-state index in [4.69, 9.17) is 10.5 Å². The number of ether oxygens (including phenoxy) is 1. The maximum atomic E-state index is 12.4. The van der Waals surface area contributed by atoms with Crippen LogP contribution in [-0.4, -0.2) is 37.0 Å². The Labute approximate surface area is 114 Å².